The van der Waals surface area contributed by atoms with Gasteiger partial charge in [-0.15, -0.1) is 0 Å². The van der Waals surface area contributed by atoms with E-state index in [2.05, 4.69) is 29.2 Å². The molecular weight excluding hydrogens is 348 g/mol. The van der Waals surface area contributed by atoms with Gasteiger partial charge in [0.2, 0.25) is 0 Å². The molecule has 0 bridgehead atoms. The third kappa shape index (κ3) is 4.29. The van der Waals surface area contributed by atoms with E-state index in [0.717, 1.165) is 63.0 Å². The van der Waals surface area contributed by atoms with Crippen molar-refractivity contribution in [3.63, 3.8) is 0 Å². The van der Waals surface area contributed by atoms with Crippen LogP contribution < -0.4 is 0 Å². The molecule has 148 valence electrons. The number of amides is 1. The van der Waals surface area contributed by atoms with E-state index in [-0.39, 0.29) is 5.91 Å². The Kier molecular flexibility index (Phi) is 6.08. The first-order chi connectivity index (χ1) is 13.7. The summed E-state index contributed by atoms with van der Waals surface area (Å²) in [6.07, 6.45) is 4.83. The number of hydrogen-bond acceptors (Lipinski definition) is 3. The largest absolute Gasteiger partial charge is 0.381 e. The molecule has 2 aromatic rings. The highest BCUT2D eigenvalue weighted by Gasteiger charge is 2.29. The molecule has 2 heterocycles. The molecule has 0 aliphatic carbocycles. The second kappa shape index (κ2) is 8.89. The molecule has 0 N–H and O–H groups in total. The molecule has 4 nitrogen and oxygen atoms in total. The average molecular weight is 379 g/mol. The third-order valence-corrected chi connectivity index (χ3v) is 6.32. The van der Waals surface area contributed by atoms with Gasteiger partial charge >= 0.3 is 0 Å². The Morgan fingerprint density at radius 1 is 0.821 bits per heavy atom. The molecule has 0 aromatic heterocycles. The van der Waals surface area contributed by atoms with Crippen LogP contribution in [0.5, 0.6) is 0 Å². The topological polar surface area (TPSA) is 32.8 Å². The third-order valence-electron chi connectivity index (χ3n) is 6.32. The van der Waals surface area contributed by atoms with Crippen LogP contribution in [0.3, 0.4) is 0 Å². The van der Waals surface area contributed by atoms with Gasteiger partial charge in [0.15, 0.2) is 0 Å². The van der Waals surface area contributed by atoms with Crippen molar-refractivity contribution in [2.75, 3.05) is 33.3 Å². The number of likely N-dealkylation sites (tertiary alicyclic amines) is 2. The van der Waals surface area contributed by atoms with Crippen LogP contribution in [0.4, 0.5) is 0 Å². The monoisotopic (exact) mass is 378 g/mol. The van der Waals surface area contributed by atoms with Gasteiger partial charge in [-0.05, 0) is 48.9 Å². The van der Waals surface area contributed by atoms with E-state index in [4.69, 9.17) is 4.74 Å². The van der Waals surface area contributed by atoms with Crippen molar-refractivity contribution in [3.8, 4) is 11.1 Å². The summed E-state index contributed by atoms with van der Waals surface area (Å²) in [6, 6.07) is 18.9. The predicted molar refractivity (Wildman–Crippen MR) is 112 cm³/mol. The highest BCUT2D eigenvalue weighted by Crippen LogP contribution is 2.24. The number of methoxy groups -OCH3 is 1. The Labute approximate surface area is 168 Å². The summed E-state index contributed by atoms with van der Waals surface area (Å²) in [4.78, 5) is 17.5. The van der Waals surface area contributed by atoms with Crippen molar-refractivity contribution >= 4 is 5.91 Å². The first kappa shape index (κ1) is 19.2. The molecule has 2 saturated heterocycles. The molecule has 4 heteroatoms. The zero-order chi connectivity index (χ0) is 19.3. The SMILES string of the molecule is COC1CCN(C2CCN(C(=O)c3ccc(-c4ccccc4)cc3)CC2)CC1. The summed E-state index contributed by atoms with van der Waals surface area (Å²) < 4.78 is 5.48. The number of carbonyl (C=O) groups excluding carboxylic acids is 1. The Morgan fingerprint density at radius 3 is 2.04 bits per heavy atom. The molecule has 0 spiro atoms. The van der Waals surface area contributed by atoms with Gasteiger partial charge in [-0.25, -0.2) is 0 Å². The summed E-state index contributed by atoms with van der Waals surface area (Å²) in [5, 5.41) is 0. The maximum atomic E-state index is 12.9. The molecule has 2 aromatic carbocycles. The number of hydrogen-bond donors (Lipinski definition) is 0. The lowest BCUT2D eigenvalue weighted by Gasteiger charge is -2.41. The van der Waals surface area contributed by atoms with Crippen LogP contribution in [0, 0.1) is 0 Å². The fraction of sp³-hybridized carbons (Fsp3) is 0.458. The van der Waals surface area contributed by atoms with Gasteiger partial charge < -0.3 is 14.5 Å². The van der Waals surface area contributed by atoms with Crippen LogP contribution in [0.1, 0.15) is 36.0 Å². The standard InChI is InChI=1S/C24H30N2O2/c1-28-23-13-17-25(18-14-23)22-11-15-26(16-12-22)24(27)21-9-7-20(8-10-21)19-5-3-2-4-6-19/h2-10,22-23H,11-18H2,1H3. The van der Waals surface area contributed by atoms with Crippen LogP contribution in [-0.4, -0.2) is 61.1 Å². The zero-order valence-corrected chi connectivity index (χ0v) is 16.7. The Bertz CT molecular complexity index is 759. The number of ether oxygens (including phenoxy) is 1. The smallest absolute Gasteiger partial charge is 0.253 e. The average Bonchev–Trinajstić information content (AvgIpc) is 2.79. The Hall–Kier alpha value is -2.17. The molecule has 0 radical (unpaired) electrons. The van der Waals surface area contributed by atoms with Crippen molar-refractivity contribution in [1.29, 1.82) is 0 Å². The minimum Gasteiger partial charge on any atom is -0.381 e. The lowest BCUT2D eigenvalue weighted by atomic mass is 9.98. The first-order valence-corrected chi connectivity index (χ1v) is 10.5. The molecule has 0 saturated carbocycles. The summed E-state index contributed by atoms with van der Waals surface area (Å²) in [7, 11) is 1.82. The molecule has 4 rings (SSSR count). The van der Waals surface area contributed by atoms with Crippen molar-refractivity contribution in [2.24, 2.45) is 0 Å². The summed E-state index contributed by atoms with van der Waals surface area (Å²) in [5.74, 6) is 0.163. The minimum absolute atomic E-state index is 0.163. The lowest BCUT2D eigenvalue weighted by molar-refractivity contribution is 0.0145. The minimum atomic E-state index is 0.163. The summed E-state index contributed by atoms with van der Waals surface area (Å²) in [5.41, 5.74) is 3.12. The number of piperidine rings is 2. The van der Waals surface area contributed by atoms with Gasteiger partial charge in [0.25, 0.3) is 5.91 Å². The molecule has 1 amide bonds. The van der Waals surface area contributed by atoms with E-state index in [9.17, 15) is 4.79 Å². The van der Waals surface area contributed by atoms with E-state index in [1.54, 1.807) is 0 Å². The van der Waals surface area contributed by atoms with Gasteiger partial charge in [-0.3, -0.25) is 4.79 Å². The van der Waals surface area contributed by atoms with Crippen LogP contribution in [0.2, 0.25) is 0 Å². The molecule has 0 atom stereocenters. The molecule has 2 fully saturated rings. The van der Waals surface area contributed by atoms with E-state index >= 15 is 0 Å². The van der Waals surface area contributed by atoms with Gasteiger partial charge in [-0.1, -0.05) is 42.5 Å². The fourth-order valence-electron chi connectivity index (χ4n) is 4.53. The lowest BCUT2D eigenvalue weighted by Crippen LogP contribution is -2.49. The number of benzene rings is 2. The first-order valence-electron chi connectivity index (χ1n) is 10.5. The van der Waals surface area contributed by atoms with Crippen LogP contribution in [-0.2, 0) is 4.74 Å². The van der Waals surface area contributed by atoms with Gasteiger partial charge in [-0.2, -0.15) is 0 Å². The predicted octanol–water partition coefficient (Wildman–Crippen LogP) is 4.07. The van der Waals surface area contributed by atoms with E-state index in [0.29, 0.717) is 12.1 Å². The Morgan fingerprint density at radius 2 is 1.43 bits per heavy atom. The van der Waals surface area contributed by atoms with Crippen molar-refractivity contribution in [1.82, 2.24) is 9.80 Å². The van der Waals surface area contributed by atoms with Gasteiger partial charge in [0.1, 0.15) is 0 Å². The maximum Gasteiger partial charge on any atom is 0.253 e. The fourth-order valence-corrected chi connectivity index (χ4v) is 4.53. The van der Waals surface area contributed by atoms with Crippen LogP contribution >= 0.6 is 0 Å². The van der Waals surface area contributed by atoms with Crippen LogP contribution in [0.25, 0.3) is 11.1 Å². The highest BCUT2D eigenvalue weighted by molar-refractivity contribution is 5.94. The molecule has 0 unspecified atom stereocenters. The summed E-state index contributed by atoms with van der Waals surface area (Å²) >= 11 is 0. The van der Waals surface area contributed by atoms with Crippen molar-refractivity contribution in [2.45, 2.75) is 37.8 Å². The second-order valence-corrected chi connectivity index (χ2v) is 7.94. The quantitative estimate of drug-likeness (QED) is 0.804. The number of carbonyl (C=O) groups is 1. The number of rotatable bonds is 4. The van der Waals surface area contributed by atoms with Crippen LogP contribution in [0.15, 0.2) is 54.6 Å². The normalized spacial score (nSPS) is 19.7. The molecular formula is C24H30N2O2. The van der Waals surface area contributed by atoms with E-state index in [1.165, 1.54) is 5.56 Å². The second-order valence-electron chi connectivity index (χ2n) is 7.94. The van der Waals surface area contributed by atoms with Crippen molar-refractivity contribution in [3.05, 3.63) is 60.2 Å². The van der Waals surface area contributed by atoms with E-state index in [1.807, 2.05) is 42.3 Å². The zero-order valence-electron chi connectivity index (χ0n) is 16.7. The number of nitrogens with zero attached hydrogens (tertiary/aromatic N) is 2. The molecule has 2 aliphatic heterocycles. The maximum absolute atomic E-state index is 12.9. The molecule has 2 aliphatic rings. The Balaban J connectivity index is 1.32. The highest BCUT2D eigenvalue weighted by atomic mass is 16.5. The van der Waals surface area contributed by atoms with Crippen molar-refractivity contribution < 1.29 is 9.53 Å². The molecule has 28 heavy (non-hydrogen) atoms. The van der Waals surface area contributed by atoms with E-state index < -0.39 is 0 Å². The van der Waals surface area contributed by atoms with Gasteiger partial charge in [0, 0.05) is 44.9 Å². The summed E-state index contributed by atoms with van der Waals surface area (Å²) in [6.45, 7) is 3.96. The van der Waals surface area contributed by atoms with Gasteiger partial charge in [0.05, 0.1) is 6.10 Å².